The van der Waals surface area contributed by atoms with Gasteiger partial charge in [0.25, 0.3) is 5.91 Å². The van der Waals surface area contributed by atoms with E-state index in [1.54, 1.807) is 41.4 Å². The Morgan fingerprint density at radius 1 is 0.759 bits per heavy atom. The Labute approximate surface area is 492 Å². The average Bonchev–Trinajstić information content (AvgIpc) is 3.17. The molecule has 2 heterocycles. The van der Waals surface area contributed by atoms with E-state index in [2.05, 4.69) is 27.0 Å². The zero-order valence-corrected chi connectivity index (χ0v) is 50.4. The first-order valence-electron chi connectivity index (χ1n) is 27.6. The van der Waals surface area contributed by atoms with Gasteiger partial charge in [-0.25, -0.2) is 5.84 Å². The van der Waals surface area contributed by atoms with Crippen molar-refractivity contribution < 1.29 is 71.4 Å². The molecular formula is C59H85N6O16PS. The normalized spacial score (nSPS) is 12.6. The molecule has 0 fully saturated rings. The van der Waals surface area contributed by atoms with E-state index < -0.39 is 6.72 Å². The number of hydrogen-bond acceptors (Lipinski definition) is 18. The second-order valence-corrected chi connectivity index (χ2v) is 20.4. The molecule has 24 heteroatoms. The summed E-state index contributed by atoms with van der Waals surface area (Å²) in [6, 6.07) is 27.0. The zero-order valence-electron chi connectivity index (χ0n) is 48.6. The minimum absolute atomic E-state index is 0.0495. The summed E-state index contributed by atoms with van der Waals surface area (Å²) in [4.78, 5) is 67.8. The summed E-state index contributed by atoms with van der Waals surface area (Å²) >= 11 is 4.27. The Bertz CT molecular complexity index is 2840. The van der Waals surface area contributed by atoms with Gasteiger partial charge in [-0.3, -0.25) is 19.2 Å². The molecule has 0 atom stereocenters. The number of aliphatic hydroxyl groups is 1. The summed E-state index contributed by atoms with van der Waals surface area (Å²) in [5, 5.41) is 14.4. The van der Waals surface area contributed by atoms with Crippen LogP contribution < -0.4 is 42.0 Å². The number of carbonyl (C=O) groups excluding carboxylic acids is 3. The van der Waals surface area contributed by atoms with Crippen molar-refractivity contribution in [1.82, 2.24) is 15.6 Å². The molecule has 6 rings (SSSR count). The van der Waals surface area contributed by atoms with Gasteiger partial charge in [0, 0.05) is 54.9 Å². The van der Waals surface area contributed by atoms with E-state index in [1.165, 1.54) is 20.3 Å². The van der Waals surface area contributed by atoms with Crippen molar-refractivity contribution in [3.8, 4) is 22.8 Å². The van der Waals surface area contributed by atoms with Gasteiger partial charge < -0.3 is 83.3 Å². The molecule has 1 aliphatic rings. The Hall–Kier alpha value is -6.31. The fourth-order valence-electron chi connectivity index (χ4n) is 8.21. The summed E-state index contributed by atoms with van der Waals surface area (Å²) in [6.07, 6.45) is 5.45. The molecule has 5 aromatic rings. The predicted octanol–water partition coefficient (Wildman–Crippen LogP) is 6.75. The molecule has 9 N–H and O–H groups in total. The number of ether oxygens (including phenoxy) is 7. The molecule has 0 aliphatic carbocycles. The molecular weight excluding hydrogens is 1110 g/mol. The van der Waals surface area contributed by atoms with Crippen LogP contribution in [0.2, 0.25) is 0 Å². The van der Waals surface area contributed by atoms with Crippen LogP contribution in [0.4, 0.5) is 5.69 Å². The molecule has 0 spiro atoms. The summed E-state index contributed by atoms with van der Waals surface area (Å²) in [5.41, 5.74) is 12.5. The number of hydrazine groups is 1. The van der Waals surface area contributed by atoms with Gasteiger partial charge in [0.2, 0.25) is 18.1 Å². The first-order valence-corrected chi connectivity index (χ1v) is 30.2. The Morgan fingerprint density at radius 3 is 1.95 bits per heavy atom. The van der Waals surface area contributed by atoms with E-state index >= 15 is 0 Å². The Kier molecular flexibility index (Phi) is 34.9. The van der Waals surface area contributed by atoms with E-state index in [4.69, 9.17) is 64.0 Å². The van der Waals surface area contributed by atoms with E-state index in [9.17, 15) is 19.2 Å². The minimum Gasteiger partial charge on any atom is -0.493 e. The topological polar surface area (TPSA) is 299 Å². The number of carbonyl (C=O) groups is 3. The number of nitrogens with two attached hydrogens (primary N) is 2. The molecule has 0 radical (unpaired) electrons. The number of rotatable bonds is 34. The van der Waals surface area contributed by atoms with Gasteiger partial charge in [0.1, 0.15) is 5.76 Å². The lowest BCUT2D eigenvalue weighted by Crippen LogP contribution is -2.37. The van der Waals surface area contributed by atoms with Crippen LogP contribution >= 0.6 is 6.72 Å². The number of nitrogens with one attached hydrogen (secondary N) is 2. The summed E-state index contributed by atoms with van der Waals surface area (Å²) in [6.45, 7) is 8.50. The molecule has 1 aliphatic heterocycles. The van der Waals surface area contributed by atoms with Gasteiger partial charge in [-0.2, -0.15) is 0 Å². The number of aliphatic hydroxyl groups excluding tert-OH is 1. The van der Waals surface area contributed by atoms with E-state index in [0.717, 1.165) is 61.6 Å². The van der Waals surface area contributed by atoms with Crippen LogP contribution in [0.5, 0.6) is 11.5 Å². The standard InChI is InChI=1S/C49H59N5O11.C7H16NO4PS.C2H6.CH4O/c1-4-9-44(56)53-33-36-10-5-6-11-37(36)46(45(50)38-12-7-8-13-40(38)53)54(51)21-23-61-25-27-63-29-31-64-30-28-62-26-24-60-22-20-52-49(57)35-16-14-34(15-17-35)43-32-41(55)39-18-19-42(58-2)48(59-3)47(39)65-43;9-7-8-5-3-1-2-4-6-12-13(10,11)14;2*1-2/h5-8,10-19,32H,4,9,20-31,33,50-51H2,1-3H3,(H,52,57);7H,1-6H2,(H,8,9)(H2,10,11,14);1-2H3;2H,1H3/b46-45-;;;. The highest BCUT2D eigenvalue weighted by atomic mass is 32.5. The van der Waals surface area contributed by atoms with Gasteiger partial charge in [-0.05, 0) is 67.0 Å². The Morgan fingerprint density at radius 2 is 1.35 bits per heavy atom. The number of methoxy groups -OCH3 is 2. The van der Waals surface area contributed by atoms with Gasteiger partial charge >= 0.3 is 6.72 Å². The maximum atomic E-state index is 13.2. The molecule has 0 bridgehead atoms. The van der Waals surface area contributed by atoms with Crippen LogP contribution in [-0.4, -0.2) is 152 Å². The van der Waals surface area contributed by atoms with Crippen LogP contribution in [0.1, 0.15) is 86.3 Å². The molecule has 4 aromatic carbocycles. The number of benzene rings is 4. The first-order chi connectivity index (χ1) is 40.3. The highest BCUT2D eigenvalue weighted by Crippen LogP contribution is 2.39. The van der Waals surface area contributed by atoms with Crippen LogP contribution in [0.3, 0.4) is 0 Å². The van der Waals surface area contributed by atoms with Crippen LogP contribution in [0.25, 0.3) is 33.7 Å². The average molecular weight is 1200 g/mol. The lowest BCUT2D eigenvalue weighted by Gasteiger charge is -2.33. The monoisotopic (exact) mass is 1200 g/mol. The van der Waals surface area contributed by atoms with E-state index in [-0.39, 0.29) is 29.4 Å². The highest BCUT2D eigenvalue weighted by Gasteiger charge is 2.27. The number of nitrogens with zero attached hydrogens (tertiary/aromatic N) is 2. The molecule has 3 amide bonds. The van der Waals surface area contributed by atoms with Gasteiger partial charge in [-0.15, -0.1) is 0 Å². The number of amides is 3. The lowest BCUT2D eigenvalue weighted by molar-refractivity contribution is -0.118. The maximum Gasteiger partial charge on any atom is 0.321 e. The van der Waals surface area contributed by atoms with Crippen LogP contribution in [0.15, 0.2) is 100 Å². The third-order valence-corrected chi connectivity index (χ3v) is 13.0. The number of anilines is 1. The first kappa shape index (κ1) is 71.0. The smallest absolute Gasteiger partial charge is 0.321 e. The Balaban J connectivity index is 0.000000872. The molecule has 1 aromatic heterocycles. The quantitative estimate of drug-likeness (QED) is 0.00736. The van der Waals surface area contributed by atoms with Gasteiger partial charge in [-0.1, -0.05) is 88.2 Å². The number of hydrogen-bond donors (Lipinski definition) is 7. The summed E-state index contributed by atoms with van der Waals surface area (Å²) in [7, 11) is 3.99. The molecule has 22 nitrogen and oxygen atoms in total. The van der Waals surface area contributed by atoms with Gasteiger partial charge in [0.05, 0.1) is 122 Å². The van der Waals surface area contributed by atoms with Crippen molar-refractivity contribution >= 4 is 64.8 Å². The second-order valence-electron chi connectivity index (χ2n) is 17.7. The largest absolute Gasteiger partial charge is 0.493 e. The molecule has 0 unspecified atom stereocenters. The third kappa shape index (κ3) is 24.4. The van der Waals surface area contributed by atoms with E-state index in [0.29, 0.717) is 150 Å². The van der Waals surface area contributed by atoms with Crippen LogP contribution in [-0.2, 0) is 56.1 Å². The van der Waals surface area contributed by atoms with Crippen molar-refractivity contribution in [3.63, 3.8) is 0 Å². The lowest BCUT2D eigenvalue weighted by atomic mass is 9.95. The minimum atomic E-state index is -3.46. The zero-order chi connectivity index (χ0) is 60.8. The number of fused-ring (bicyclic) bond motifs is 3. The van der Waals surface area contributed by atoms with Crippen molar-refractivity contribution in [2.45, 2.75) is 65.8 Å². The van der Waals surface area contributed by atoms with Gasteiger partial charge in [0.15, 0.2) is 16.8 Å². The molecule has 0 saturated carbocycles. The SMILES string of the molecule is CC.CCCC(=O)N1Cc2ccccc2/C(N(N)CCOCCOCCOCCOCCOCCNC(=O)c2ccc(-c3cc(=O)c4ccc(OC)c(OC)c4o3)cc2)=C(/N)c2ccccc21.CO.O=CNCCCCCCOP(O)(O)=S. The summed E-state index contributed by atoms with van der Waals surface area (Å²) in [5.74, 6) is 7.56. The van der Waals surface area contributed by atoms with E-state index in [1.807, 2.05) is 74.2 Å². The van der Waals surface area contributed by atoms with Crippen molar-refractivity contribution in [1.29, 1.82) is 0 Å². The fraction of sp³-hybridized carbons (Fsp3) is 0.458. The number of unbranched alkanes of at least 4 members (excludes halogenated alkanes) is 3. The molecule has 0 saturated heterocycles. The number of para-hydroxylation sites is 1. The third-order valence-electron chi connectivity index (χ3n) is 12.1. The predicted molar refractivity (Wildman–Crippen MR) is 325 cm³/mol. The van der Waals surface area contributed by atoms with Crippen molar-refractivity contribution in [3.05, 3.63) is 123 Å². The molecule has 83 heavy (non-hydrogen) atoms. The molecule has 458 valence electrons. The van der Waals surface area contributed by atoms with Crippen LogP contribution in [0, 0.1) is 0 Å². The second kappa shape index (κ2) is 40.8. The summed E-state index contributed by atoms with van der Waals surface area (Å²) < 4.78 is 49.7. The fourth-order valence-corrected chi connectivity index (χ4v) is 8.80. The highest BCUT2D eigenvalue weighted by molar-refractivity contribution is 8.06. The van der Waals surface area contributed by atoms with Crippen molar-refractivity contribution in [2.75, 3.05) is 119 Å². The van der Waals surface area contributed by atoms with Crippen molar-refractivity contribution in [2.24, 2.45) is 11.6 Å². The maximum absolute atomic E-state index is 13.2.